The van der Waals surface area contributed by atoms with Gasteiger partial charge in [-0.25, -0.2) is 9.18 Å². The number of hydrogen-bond acceptors (Lipinski definition) is 6. The van der Waals surface area contributed by atoms with E-state index in [9.17, 15) is 14.0 Å². The molecule has 0 spiro atoms. The average molecular weight is 464 g/mol. The standard InChI is InChI=1S/C24H30FNO5S/c1-5-32-22(17-6-9-19(25)10-7-17)26(15-27)21-11-8-18(12-16(21)2)23(28)29-13-20-14-30-24(3,4)31-20/h6-11,15-16,20,22H,5,12-14H2,1-4H3. The number of ether oxygens (including phenoxy) is 3. The minimum absolute atomic E-state index is 0.0712. The van der Waals surface area contributed by atoms with Crippen molar-refractivity contribution in [3.63, 3.8) is 0 Å². The van der Waals surface area contributed by atoms with E-state index >= 15 is 0 Å². The number of thioether (sulfide) groups is 1. The van der Waals surface area contributed by atoms with Crippen molar-refractivity contribution in [2.45, 2.75) is 51.4 Å². The minimum atomic E-state index is -0.664. The molecule has 1 fully saturated rings. The Labute approximate surface area is 192 Å². The van der Waals surface area contributed by atoms with E-state index in [2.05, 4.69) is 0 Å². The van der Waals surface area contributed by atoms with Crippen molar-refractivity contribution in [3.8, 4) is 0 Å². The highest BCUT2D eigenvalue weighted by atomic mass is 32.2. The molecule has 1 aromatic carbocycles. The molecule has 0 saturated carbocycles. The zero-order valence-corrected chi connectivity index (χ0v) is 19.7. The first-order valence-corrected chi connectivity index (χ1v) is 11.8. The van der Waals surface area contributed by atoms with Crippen LogP contribution in [0.4, 0.5) is 4.39 Å². The van der Waals surface area contributed by atoms with E-state index < -0.39 is 11.8 Å². The normalized spacial score (nSPS) is 23.2. The fourth-order valence-electron chi connectivity index (χ4n) is 3.83. The molecule has 0 aromatic heterocycles. The topological polar surface area (TPSA) is 65.1 Å². The highest BCUT2D eigenvalue weighted by Gasteiger charge is 2.34. The van der Waals surface area contributed by atoms with Gasteiger partial charge in [0.1, 0.15) is 23.9 Å². The summed E-state index contributed by atoms with van der Waals surface area (Å²) >= 11 is 1.59. The number of carbonyl (C=O) groups is 2. The third-order valence-electron chi connectivity index (χ3n) is 5.36. The van der Waals surface area contributed by atoms with Crippen LogP contribution >= 0.6 is 11.8 Å². The van der Waals surface area contributed by atoms with Gasteiger partial charge in [0.15, 0.2) is 5.79 Å². The van der Waals surface area contributed by atoms with Gasteiger partial charge in [-0.2, -0.15) is 0 Å². The number of allylic oxidation sites excluding steroid dienone is 3. The van der Waals surface area contributed by atoms with Gasteiger partial charge in [-0.05, 0) is 49.8 Å². The van der Waals surface area contributed by atoms with E-state index in [1.54, 1.807) is 40.9 Å². The first kappa shape index (κ1) is 24.5. The number of hydrogen-bond donors (Lipinski definition) is 0. The van der Waals surface area contributed by atoms with Crippen LogP contribution < -0.4 is 0 Å². The highest BCUT2D eigenvalue weighted by Crippen LogP contribution is 2.38. The van der Waals surface area contributed by atoms with Crippen LogP contribution in [-0.2, 0) is 23.8 Å². The monoisotopic (exact) mass is 463 g/mol. The number of nitrogens with zero attached hydrogens (tertiary/aromatic N) is 1. The molecule has 6 nitrogen and oxygen atoms in total. The van der Waals surface area contributed by atoms with Crippen molar-refractivity contribution in [1.82, 2.24) is 4.90 Å². The van der Waals surface area contributed by atoms with Gasteiger partial charge in [0.2, 0.25) is 6.41 Å². The number of halogens is 1. The lowest BCUT2D eigenvalue weighted by molar-refractivity contribution is -0.155. The molecule has 1 aliphatic carbocycles. The number of esters is 1. The van der Waals surface area contributed by atoms with Gasteiger partial charge in [0.05, 0.1) is 6.61 Å². The number of carbonyl (C=O) groups excluding carboxylic acids is 2. The molecule has 0 radical (unpaired) electrons. The summed E-state index contributed by atoms with van der Waals surface area (Å²) in [6, 6.07) is 6.19. The number of benzene rings is 1. The zero-order chi connectivity index (χ0) is 23.3. The Balaban J connectivity index is 1.71. The lowest BCUT2D eigenvalue weighted by Crippen LogP contribution is -2.30. The molecule has 1 aliphatic heterocycles. The van der Waals surface area contributed by atoms with Gasteiger partial charge < -0.3 is 19.1 Å². The molecule has 2 aliphatic rings. The molecule has 3 rings (SSSR count). The summed E-state index contributed by atoms with van der Waals surface area (Å²) in [5.41, 5.74) is 2.20. The van der Waals surface area contributed by atoms with Crippen LogP contribution in [0, 0.1) is 11.7 Å². The van der Waals surface area contributed by atoms with Crippen molar-refractivity contribution in [3.05, 3.63) is 59.1 Å². The van der Waals surface area contributed by atoms with Crippen molar-refractivity contribution in [1.29, 1.82) is 0 Å². The maximum absolute atomic E-state index is 13.4. The van der Waals surface area contributed by atoms with Gasteiger partial charge in [0, 0.05) is 17.2 Å². The van der Waals surface area contributed by atoms with E-state index in [1.165, 1.54) is 12.1 Å². The second-order valence-corrected chi connectivity index (χ2v) is 9.67. The molecular weight excluding hydrogens is 433 g/mol. The smallest absolute Gasteiger partial charge is 0.334 e. The van der Waals surface area contributed by atoms with Crippen LogP contribution in [0.25, 0.3) is 0 Å². The molecule has 174 valence electrons. The van der Waals surface area contributed by atoms with Crippen molar-refractivity contribution in [2.24, 2.45) is 5.92 Å². The lowest BCUT2D eigenvalue weighted by atomic mass is 9.91. The number of amides is 1. The summed E-state index contributed by atoms with van der Waals surface area (Å²) < 4.78 is 30.0. The first-order valence-electron chi connectivity index (χ1n) is 10.7. The van der Waals surface area contributed by atoms with Gasteiger partial charge in [-0.3, -0.25) is 4.79 Å². The summed E-state index contributed by atoms with van der Waals surface area (Å²) in [5.74, 6) is -0.663. The minimum Gasteiger partial charge on any atom is -0.459 e. The molecule has 1 aromatic rings. The SMILES string of the molecule is CCSC(c1ccc(F)cc1)N(C=O)C1=CC=C(C(=O)OCC2COC(C)(C)O2)CC1C. The van der Waals surface area contributed by atoms with E-state index in [1.807, 2.05) is 27.7 Å². The average Bonchev–Trinajstić information content (AvgIpc) is 3.12. The summed E-state index contributed by atoms with van der Waals surface area (Å²) in [4.78, 5) is 26.3. The lowest BCUT2D eigenvalue weighted by Gasteiger charge is -2.34. The van der Waals surface area contributed by atoms with Gasteiger partial charge >= 0.3 is 5.97 Å². The summed E-state index contributed by atoms with van der Waals surface area (Å²) in [6.07, 6.45) is 4.48. The molecule has 1 amide bonds. The van der Waals surface area contributed by atoms with Crippen LogP contribution in [0.1, 0.15) is 45.1 Å². The highest BCUT2D eigenvalue weighted by molar-refractivity contribution is 7.99. The first-order chi connectivity index (χ1) is 15.2. The quantitative estimate of drug-likeness (QED) is 0.303. The van der Waals surface area contributed by atoms with Gasteiger partial charge in [-0.15, -0.1) is 11.8 Å². The van der Waals surface area contributed by atoms with Crippen LogP contribution in [0.3, 0.4) is 0 Å². The van der Waals surface area contributed by atoms with Gasteiger partial charge in [0.25, 0.3) is 0 Å². The van der Waals surface area contributed by atoms with Crippen LogP contribution in [0.2, 0.25) is 0 Å². The summed E-state index contributed by atoms with van der Waals surface area (Å²) in [5, 5.41) is -0.281. The Bertz CT molecular complexity index is 883. The Morgan fingerprint density at radius 1 is 1.34 bits per heavy atom. The van der Waals surface area contributed by atoms with Crippen LogP contribution in [0.15, 0.2) is 47.7 Å². The fraction of sp³-hybridized carbons (Fsp3) is 0.500. The molecule has 3 unspecified atom stereocenters. The third-order valence-corrected chi connectivity index (χ3v) is 6.51. The third kappa shape index (κ3) is 5.99. The largest absolute Gasteiger partial charge is 0.459 e. The molecule has 1 saturated heterocycles. The Hall–Kier alpha value is -2.16. The van der Waals surface area contributed by atoms with E-state index in [0.717, 1.165) is 23.4 Å². The predicted molar refractivity (Wildman–Crippen MR) is 121 cm³/mol. The van der Waals surface area contributed by atoms with Crippen molar-refractivity contribution in [2.75, 3.05) is 19.0 Å². The second-order valence-electron chi connectivity index (χ2n) is 8.31. The fourth-order valence-corrected chi connectivity index (χ4v) is 4.82. The van der Waals surface area contributed by atoms with E-state index in [0.29, 0.717) is 18.6 Å². The summed E-state index contributed by atoms with van der Waals surface area (Å²) in [6.45, 7) is 8.13. The Kier molecular flexibility index (Phi) is 8.14. The predicted octanol–water partition coefficient (Wildman–Crippen LogP) is 4.58. The molecule has 0 N–H and O–H groups in total. The second kappa shape index (κ2) is 10.6. The van der Waals surface area contributed by atoms with E-state index in [-0.39, 0.29) is 29.8 Å². The maximum Gasteiger partial charge on any atom is 0.334 e. The molecule has 8 heteroatoms. The molecule has 1 heterocycles. The maximum atomic E-state index is 13.4. The Morgan fingerprint density at radius 2 is 2.06 bits per heavy atom. The number of rotatable bonds is 9. The zero-order valence-electron chi connectivity index (χ0n) is 18.9. The van der Waals surface area contributed by atoms with Crippen molar-refractivity contribution < 1.29 is 28.2 Å². The van der Waals surface area contributed by atoms with Crippen LogP contribution in [-0.4, -0.2) is 48.1 Å². The molecule has 0 bridgehead atoms. The molecule has 3 atom stereocenters. The van der Waals surface area contributed by atoms with E-state index in [4.69, 9.17) is 14.2 Å². The van der Waals surface area contributed by atoms with Crippen molar-refractivity contribution >= 4 is 24.1 Å². The van der Waals surface area contributed by atoms with Crippen LogP contribution in [0.5, 0.6) is 0 Å². The van der Waals surface area contributed by atoms with Gasteiger partial charge in [-0.1, -0.05) is 32.1 Å². The molecule has 32 heavy (non-hydrogen) atoms. The summed E-state index contributed by atoms with van der Waals surface area (Å²) in [7, 11) is 0. The Morgan fingerprint density at radius 3 is 2.62 bits per heavy atom. The molecular formula is C24H30FNO5S.